The molecule has 1 aliphatic rings. The molecule has 0 spiro atoms. The molecule has 0 radical (unpaired) electrons. The Bertz CT molecular complexity index is 516. The lowest BCUT2D eigenvalue weighted by atomic mass is 9.60. The van der Waals surface area contributed by atoms with Gasteiger partial charge in [0.1, 0.15) is 11.2 Å². The minimum atomic E-state index is -1.05. The van der Waals surface area contributed by atoms with Crippen LogP contribution in [0, 0.1) is 0 Å². The smallest absolute Gasteiger partial charge is 0.314 e. The Hall–Kier alpha value is -1.11. The number of methoxy groups -OCH3 is 3. The fourth-order valence-corrected chi connectivity index (χ4v) is 3.11. The van der Waals surface area contributed by atoms with Crippen molar-refractivity contribution in [3.63, 3.8) is 0 Å². The van der Waals surface area contributed by atoms with Gasteiger partial charge in [0.05, 0.1) is 7.11 Å². The van der Waals surface area contributed by atoms with Crippen molar-refractivity contribution in [2.75, 3.05) is 21.3 Å². The van der Waals surface area contributed by atoms with Crippen LogP contribution < -0.4 is 4.74 Å². The molecule has 0 aromatic heterocycles. The van der Waals surface area contributed by atoms with Gasteiger partial charge in [-0.15, -0.1) is 0 Å². The molecule has 1 fully saturated rings. The van der Waals surface area contributed by atoms with Crippen molar-refractivity contribution in [3.05, 3.63) is 28.2 Å². The third-order valence-electron chi connectivity index (χ3n) is 3.97. The van der Waals surface area contributed by atoms with Gasteiger partial charge in [0, 0.05) is 37.1 Å². The summed E-state index contributed by atoms with van der Waals surface area (Å²) in [5.74, 6) is -1.19. The van der Waals surface area contributed by atoms with Crippen LogP contribution in [0.2, 0.25) is 0 Å². The van der Waals surface area contributed by atoms with Gasteiger partial charge in [0.25, 0.3) is 0 Å². The lowest BCUT2D eigenvalue weighted by Gasteiger charge is -2.51. The van der Waals surface area contributed by atoms with Gasteiger partial charge < -0.3 is 19.3 Å². The summed E-state index contributed by atoms with van der Waals surface area (Å²) in [6, 6.07) is 5.35. The molecule has 20 heavy (non-hydrogen) atoms. The minimum absolute atomic E-state index is 0.245. The normalized spacial score (nSPS) is 19.2. The van der Waals surface area contributed by atoms with Crippen LogP contribution in [0.25, 0.3) is 0 Å². The van der Waals surface area contributed by atoms with Crippen LogP contribution in [0.15, 0.2) is 22.7 Å². The van der Waals surface area contributed by atoms with E-state index in [0.29, 0.717) is 11.3 Å². The number of carboxylic acid groups (broad SMARTS) is 1. The first-order valence-electron chi connectivity index (χ1n) is 6.11. The fourth-order valence-electron chi connectivity index (χ4n) is 2.75. The van der Waals surface area contributed by atoms with E-state index in [1.807, 2.05) is 6.07 Å². The first kappa shape index (κ1) is 15.3. The average Bonchev–Trinajstić information content (AvgIpc) is 2.39. The van der Waals surface area contributed by atoms with Gasteiger partial charge in [-0.3, -0.25) is 4.79 Å². The van der Waals surface area contributed by atoms with Crippen LogP contribution in [0.4, 0.5) is 0 Å². The molecule has 0 amide bonds. The molecule has 0 unspecified atom stereocenters. The Labute approximate surface area is 126 Å². The van der Waals surface area contributed by atoms with E-state index in [0.717, 1.165) is 4.47 Å². The number of hydrogen-bond acceptors (Lipinski definition) is 4. The number of aliphatic carboxylic acids is 1. The predicted octanol–water partition coefficient (Wildman–Crippen LogP) is 2.56. The number of carboxylic acids is 1. The van der Waals surface area contributed by atoms with E-state index in [4.69, 9.17) is 14.2 Å². The lowest BCUT2D eigenvalue weighted by Crippen LogP contribution is -2.60. The number of ether oxygens (including phenoxy) is 3. The summed E-state index contributed by atoms with van der Waals surface area (Å²) < 4.78 is 16.7. The van der Waals surface area contributed by atoms with Crippen molar-refractivity contribution in [1.29, 1.82) is 0 Å². The average molecular weight is 345 g/mol. The van der Waals surface area contributed by atoms with Gasteiger partial charge in [-0.05, 0) is 18.2 Å². The number of carbonyl (C=O) groups is 1. The van der Waals surface area contributed by atoms with Crippen LogP contribution in [0.5, 0.6) is 5.75 Å². The van der Waals surface area contributed by atoms with Crippen molar-refractivity contribution >= 4 is 21.9 Å². The molecule has 1 saturated carbocycles. The van der Waals surface area contributed by atoms with Crippen LogP contribution >= 0.6 is 15.9 Å². The summed E-state index contributed by atoms with van der Waals surface area (Å²) >= 11 is 3.37. The van der Waals surface area contributed by atoms with E-state index in [1.165, 1.54) is 21.3 Å². The Morgan fingerprint density at radius 1 is 1.25 bits per heavy atom. The van der Waals surface area contributed by atoms with Crippen molar-refractivity contribution in [1.82, 2.24) is 0 Å². The summed E-state index contributed by atoms with van der Waals surface area (Å²) in [5, 5.41) is 9.69. The van der Waals surface area contributed by atoms with E-state index in [1.54, 1.807) is 12.1 Å². The topological polar surface area (TPSA) is 65.0 Å². The lowest BCUT2D eigenvalue weighted by molar-refractivity contribution is -0.277. The molecule has 5 nitrogen and oxygen atoms in total. The molecule has 0 heterocycles. The quantitative estimate of drug-likeness (QED) is 0.831. The third kappa shape index (κ3) is 2.21. The highest BCUT2D eigenvalue weighted by Crippen LogP contribution is 2.55. The summed E-state index contributed by atoms with van der Waals surface area (Å²) in [6.45, 7) is 0. The number of hydrogen-bond donors (Lipinski definition) is 1. The summed E-state index contributed by atoms with van der Waals surface area (Å²) in [4.78, 5) is 11.8. The number of rotatable bonds is 5. The zero-order valence-electron chi connectivity index (χ0n) is 11.6. The molecule has 1 aromatic carbocycles. The van der Waals surface area contributed by atoms with Gasteiger partial charge >= 0.3 is 5.97 Å². The first-order chi connectivity index (χ1) is 9.43. The van der Waals surface area contributed by atoms with Crippen molar-refractivity contribution in [2.45, 2.75) is 24.0 Å². The van der Waals surface area contributed by atoms with Gasteiger partial charge in [-0.2, -0.15) is 0 Å². The second-order valence-corrected chi connectivity index (χ2v) is 5.82. The summed E-state index contributed by atoms with van der Waals surface area (Å²) in [6.07, 6.45) is 0.490. The summed E-state index contributed by atoms with van der Waals surface area (Å²) in [5.41, 5.74) is -0.423. The maximum Gasteiger partial charge on any atom is 0.314 e. The Kier molecular flexibility index (Phi) is 4.09. The van der Waals surface area contributed by atoms with Crippen molar-refractivity contribution in [3.8, 4) is 5.75 Å². The molecule has 6 heteroatoms. The zero-order chi connectivity index (χ0) is 15.0. The number of benzene rings is 1. The largest absolute Gasteiger partial charge is 0.496 e. The van der Waals surface area contributed by atoms with Crippen LogP contribution in [0.1, 0.15) is 18.4 Å². The molecular formula is C14H17BrO5. The zero-order valence-corrected chi connectivity index (χ0v) is 13.2. The molecule has 0 bridgehead atoms. The second kappa shape index (κ2) is 5.35. The third-order valence-corrected chi connectivity index (χ3v) is 4.47. The molecule has 1 aliphatic carbocycles. The molecule has 0 aliphatic heterocycles. The molecule has 2 rings (SSSR count). The first-order valence-corrected chi connectivity index (χ1v) is 6.90. The SMILES string of the molecule is COc1ccc(Br)cc1C1(C(=O)O)CC(OC)(OC)C1. The van der Waals surface area contributed by atoms with E-state index in [-0.39, 0.29) is 12.8 Å². The fraction of sp³-hybridized carbons (Fsp3) is 0.500. The maximum atomic E-state index is 11.8. The molecule has 1 N–H and O–H groups in total. The highest BCUT2D eigenvalue weighted by atomic mass is 79.9. The van der Waals surface area contributed by atoms with Gasteiger partial charge in [-0.25, -0.2) is 0 Å². The summed E-state index contributed by atoms with van der Waals surface area (Å²) in [7, 11) is 4.57. The standard InChI is InChI=1S/C14H17BrO5/c1-18-11-5-4-9(15)6-10(11)13(12(16)17)7-14(8-13,19-2)20-3/h4-6H,7-8H2,1-3H3,(H,16,17). The van der Waals surface area contributed by atoms with Crippen LogP contribution in [0.3, 0.4) is 0 Å². The van der Waals surface area contributed by atoms with E-state index in [9.17, 15) is 9.90 Å². The minimum Gasteiger partial charge on any atom is -0.496 e. The highest BCUT2D eigenvalue weighted by Gasteiger charge is 2.62. The van der Waals surface area contributed by atoms with Gasteiger partial charge in [-0.1, -0.05) is 15.9 Å². The van der Waals surface area contributed by atoms with E-state index >= 15 is 0 Å². The highest BCUT2D eigenvalue weighted by molar-refractivity contribution is 9.10. The Morgan fingerprint density at radius 3 is 2.30 bits per heavy atom. The second-order valence-electron chi connectivity index (χ2n) is 4.90. The monoisotopic (exact) mass is 344 g/mol. The molecule has 110 valence electrons. The molecule has 0 atom stereocenters. The maximum absolute atomic E-state index is 11.8. The van der Waals surface area contributed by atoms with Crippen molar-refractivity contribution < 1.29 is 24.1 Å². The van der Waals surface area contributed by atoms with E-state index in [2.05, 4.69) is 15.9 Å². The molecule has 1 aromatic rings. The number of halogens is 1. The van der Waals surface area contributed by atoms with Gasteiger partial charge in [0.2, 0.25) is 0 Å². The van der Waals surface area contributed by atoms with E-state index < -0.39 is 17.2 Å². The van der Waals surface area contributed by atoms with Gasteiger partial charge in [0.15, 0.2) is 5.79 Å². The molecular weight excluding hydrogens is 328 g/mol. The predicted molar refractivity (Wildman–Crippen MR) is 76.0 cm³/mol. The Morgan fingerprint density at radius 2 is 1.85 bits per heavy atom. The van der Waals surface area contributed by atoms with Crippen LogP contribution in [-0.2, 0) is 19.7 Å². The van der Waals surface area contributed by atoms with Crippen molar-refractivity contribution in [2.24, 2.45) is 0 Å². The van der Waals surface area contributed by atoms with Crippen LogP contribution in [-0.4, -0.2) is 38.2 Å². The molecule has 0 saturated heterocycles. The Balaban J connectivity index is 2.47.